The number of benzene rings is 1. The van der Waals surface area contributed by atoms with E-state index in [-0.39, 0.29) is 5.54 Å². The minimum Gasteiger partial charge on any atom is -0.496 e. The highest BCUT2D eigenvalue weighted by Gasteiger charge is 2.38. The molecule has 0 amide bonds. The van der Waals surface area contributed by atoms with Crippen molar-refractivity contribution in [3.05, 3.63) is 17.7 Å². The Morgan fingerprint density at radius 1 is 1.10 bits per heavy atom. The second-order valence-corrected chi connectivity index (χ2v) is 6.03. The van der Waals surface area contributed by atoms with Crippen LogP contribution in [-0.4, -0.2) is 33.4 Å². The lowest BCUT2D eigenvalue weighted by Gasteiger charge is -2.35. The minimum atomic E-state index is 0.120. The van der Waals surface area contributed by atoms with Gasteiger partial charge in [0.2, 0.25) is 0 Å². The van der Waals surface area contributed by atoms with Gasteiger partial charge in [0.15, 0.2) is 0 Å². The van der Waals surface area contributed by atoms with Crippen LogP contribution in [0.2, 0.25) is 0 Å². The molecular formula is C17H27NO3. The molecule has 1 fully saturated rings. The van der Waals surface area contributed by atoms with Crippen LogP contribution < -0.4 is 19.5 Å². The number of ether oxygens (including phenoxy) is 3. The van der Waals surface area contributed by atoms with E-state index in [4.69, 9.17) is 14.2 Å². The maximum absolute atomic E-state index is 5.58. The first-order valence-corrected chi connectivity index (χ1v) is 7.60. The molecule has 4 nitrogen and oxygen atoms in total. The van der Waals surface area contributed by atoms with Crippen molar-refractivity contribution in [2.45, 2.75) is 38.6 Å². The van der Waals surface area contributed by atoms with E-state index in [2.05, 4.69) is 19.2 Å². The number of hydrogen-bond acceptors (Lipinski definition) is 4. The molecule has 0 aliphatic carbocycles. The number of methoxy groups -OCH3 is 3. The molecule has 1 aliphatic heterocycles. The molecule has 1 saturated heterocycles. The molecule has 1 aromatic rings. The van der Waals surface area contributed by atoms with Crippen molar-refractivity contribution < 1.29 is 14.2 Å². The zero-order valence-corrected chi connectivity index (χ0v) is 13.8. The van der Waals surface area contributed by atoms with E-state index < -0.39 is 0 Å². The molecule has 4 heteroatoms. The Hall–Kier alpha value is -1.42. The van der Waals surface area contributed by atoms with E-state index in [1.165, 1.54) is 12.8 Å². The Balaban J connectivity index is 2.42. The van der Waals surface area contributed by atoms with Gasteiger partial charge in [-0.05, 0) is 31.7 Å². The van der Waals surface area contributed by atoms with Crippen LogP contribution in [0.5, 0.6) is 17.2 Å². The third kappa shape index (κ3) is 3.10. The second-order valence-electron chi connectivity index (χ2n) is 6.03. The largest absolute Gasteiger partial charge is 0.496 e. The lowest BCUT2D eigenvalue weighted by molar-refractivity contribution is 0.261. The van der Waals surface area contributed by atoms with E-state index in [1.54, 1.807) is 21.3 Å². The van der Waals surface area contributed by atoms with Crippen molar-refractivity contribution in [3.63, 3.8) is 0 Å². The van der Waals surface area contributed by atoms with Crippen LogP contribution in [0.4, 0.5) is 0 Å². The van der Waals surface area contributed by atoms with Crippen LogP contribution in [0.3, 0.4) is 0 Å². The maximum atomic E-state index is 5.58. The summed E-state index contributed by atoms with van der Waals surface area (Å²) in [6.45, 7) is 5.64. The summed E-state index contributed by atoms with van der Waals surface area (Å²) < 4.78 is 16.5. The first-order valence-electron chi connectivity index (χ1n) is 7.60. The van der Waals surface area contributed by atoms with E-state index in [9.17, 15) is 0 Å². The van der Waals surface area contributed by atoms with E-state index in [1.807, 2.05) is 12.1 Å². The summed E-state index contributed by atoms with van der Waals surface area (Å²) in [5.41, 5.74) is 1.23. The molecular weight excluding hydrogens is 266 g/mol. The summed E-state index contributed by atoms with van der Waals surface area (Å²) in [5, 5.41) is 3.71. The van der Waals surface area contributed by atoms with Crippen LogP contribution in [0.1, 0.15) is 32.3 Å². The predicted octanol–water partition coefficient (Wildman–Crippen LogP) is 3.03. The zero-order chi connectivity index (χ0) is 15.5. The summed E-state index contributed by atoms with van der Waals surface area (Å²) >= 11 is 0. The Morgan fingerprint density at radius 3 is 2.10 bits per heavy atom. The summed E-state index contributed by atoms with van der Waals surface area (Å²) in [4.78, 5) is 0. The molecule has 0 radical (unpaired) electrons. The summed E-state index contributed by atoms with van der Waals surface area (Å²) in [6, 6.07) is 3.86. The average Bonchev–Trinajstić information content (AvgIpc) is 2.97. The van der Waals surface area contributed by atoms with Gasteiger partial charge in [-0.15, -0.1) is 0 Å². The van der Waals surface area contributed by atoms with Gasteiger partial charge in [0, 0.05) is 23.2 Å². The molecule has 1 atom stereocenters. The van der Waals surface area contributed by atoms with Gasteiger partial charge in [-0.2, -0.15) is 0 Å². The SMILES string of the molecule is COc1cc(OC)c(CC2(C(C)C)CCCN2)c(OC)c1. The highest BCUT2D eigenvalue weighted by molar-refractivity contribution is 5.51. The molecule has 118 valence electrons. The van der Waals surface area contributed by atoms with Crippen molar-refractivity contribution in [1.82, 2.24) is 5.32 Å². The molecule has 0 aromatic heterocycles. The Labute approximate surface area is 127 Å². The lowest BCUT2D eigenvalue weighted by Crippen LogP contribution is -2.46. The fourth-order valence-corrected chi connectivity index (χ4v) is 3.24. The fraction of sp³-hybridized carbons (Fsp3) is 0.647. The van der Waals surface area contributed by atoms with Crippen LogP contribution >= 0.6 is 0 Å². The monoisotopic (exact) mass is 293 g/mol. The highest BCUT2D eigenvalue weighted by Crippen LogP contribution is 2.40. The van der Waals surface area contributed by atoms with Crippen LogP contribution in [0, 0.1) is 5.92 Å². The molecule has 0 saturated carbocycles. The standard InChI is InChI=1S/C17H27NO3/c1-12(2)17(7-6-8-18-17)11-14-15(20-4)9-13(19-3)10-16(14)21-5/h9-10,12,18H,6-8,11H2,1-5H3. The van der Waals surface area contributed by atoms with Gasteiger partial charge < -0.3 is 19.5 Å². The van der Waals surface area contributed by atoms with Crippen LogP contribution in [0.15, 0.2) is 12.1 Å². The highest BCUT2D eigenvalue weighted by atomic mass is 16.5. The third-order valence-electron chi connectivity index (χ3n) is 4.69. The molecule has 2 rings (SSSR count). The van der Waals surface area contributed by atoms with Crippen molar-refractivity contribution >= 4 is 0 Å². The van der Waals surface area contributed by atoms with Crippen LogP contribution in [0.25, 0.3) is 0 Å². The van der Waals surface area contributed by atoms with E-state index in [0.29, 0.717) is 5.92 Å². The van der Waals surface area contributed by atoms with Crippen molar-refractivity contribution in [2.24, 2.45) is 5.92 Å². The van der Waals surface area contributed by atoms with E-state index >= 15 is 0 Å². The Bertz CT molecular complexity index is 454. The van der Waals surface area contributed by atoms with Gasteiger partial charge >= 0.3 is 0 Å². The van der Waals surface area contributed by atoms with Gasteiger partial charge in [-0.25, -0.2) is 0 Å². The molecule has 1 heterocycles. The molecule has 0 bridgehead atoms. The third-order valence-corrected chi connectivity index (χ3v) is 4.69. The summed E-state index contributed by atoms with van der Waals surface area (Å²) in [6.07, 6.45) is 3.31. The van der Waals surface area contributed by atoms with Gasteiger partial charge in [0.25, 0.3) is 0 Å². The van der Waals surface area contributed by atoms with Crippen molar-refractivity contribution in [3.8, 4) is 17.2 Å². The Morgan fingerprint density at radius 2 is 1.71 bits per heavy atom. The molecule has 0 spiro atoms. The lowest BCUT2D eigenvalue weighted by atomic mass is 9.79. The van der Waals surface area contributed by atoms with Crippen molar-refractivity contribution in [1.29, 1.82) is 0 Å². The van der Waals surface area contributed by atoms with Crippen molar-refractivity contribution in [2.75, 3.05) is 27.9 Å². The van der Waals surface area contributed by atoms with Crippen LogP contribution in [-0.2, 0) is 6.42 Å². The van der Waals surface area contributed by atoms with Gasteiger partial charge in [0.05, 0.1) is 21.3 Å². The van der Waals surface area contributed by atoms with E-state index in [0.717, 1.165) is 35.8 Å². The molecule has 21 heavy (non-hydrogen) atoms. The summed E-state index contributed by atoms with van der Waals surface area (Å²) in [5.74, 6) is 2.97. The normalized spacial score (nSPS) is 21.6. The molecule has 1 aliphatic rings. The molecule has 1 N–H and O–H groups in total. The maximum Gasteiger partial charge on any atom is 0.129 e. The summed E-state index contributed by atoms with van der Waals surface area (Å²) in [7, 11) is 5.05. The quantitative estimate of drug-likeness (QED) is 0.875. The van der Waals surface area contributed by atoms with Gasteiger partial charge in [-0.1, -0.05) is 13.8 Å². The first-order chi connectivity index (χ1) is 10.1. The fourth-order valence-electron chi connectivity index (χ4n) is 3.24. The average molecular weight is 293 g/mol. The molecule has 1 unspecified atom stereocenters. The van der Waals surface area contributed by atoms with Gasteiger partial charge in [-0.3, -0.25) is 0 Å². The number of hydrogen-bond donors (Lipinski definition) is 1. The number of nitrogens with one attached hydrogen (secondary N) is 1. The topological polar surface area (TPSA) is 39.7 Å². The Kier molecular flexibility index (Phi) is 4.99. The second kappa shape index (κ2) is 6.56. The predicted molar refractivity (Wildman–Crippen MR) is 84.6 cm³/mol. The smallest absolute Gasteiger partial charge is 0.129 e. The number of rotatable bonds is 6. The minimum absolute atomic E-state index is 0.120. The first kappa shape index (κ1) is 16.0. The van der Waals surface area contributed by atoms with Gasteiger partial charge in [0.1, 0.15) is 17.2 Å². The molecule has 1 aromatic carbocycles. The zero-order valence-electron chi connectivity index (χ0n) is 13.8.